The molecule has 6 heteroatoms. The van der Waals surface area contributed by atoms with Gasteiger partial charge in [0.15, 0.2) is 5.17 Å². The highest BCUT2D eigenvalue weighted by Gasteiger charge is 2.29. The zero-order chi connectivity index (χ0) is 15.1. The molecule has 1 fully saturated rings. The van der Waals surface area contributed by atoms with Crippen LogP contribution < -0.4 is 5.32 Å². The standard InChI is InChI=1S/C15H18N2O3S/c18-13(19)10-6-2-5-9-12-14(20)17-15(21-12)16-11-7-3-1-4-8-11/h1,3-4,7-8,12H,2,5-6,9-10H2,(H,18,19)(H,16,17,20). The first-order valence-electron chi connectivity index (χ1n) is 6.98. The van der Waals surface area contributed by atoms with Crippen molar-refractivity contribution in [2.24, 2.45) is 4.99 Å². The Morgan fingerprint density at radius 3 is 2.71 bits per heavy atom. The van der Waals surface area contributed by atoms with Crippen LogP contribution in [-0.4, -0.2) is 27.4 Å². The maximum absolute atomic E-state index is 11.8. The van der Waals surface area contributed by atoms with E-state index >= 15 is 0 Å². The van der Waals surface area contributed by atoms with Gasteiger partial charge in [-0.1, -0.05) is 42.8 Å². The van der Waals surface area contributed by atoms with Crippen molar-refractivity contribution in [1.29, 1.82) is 0 Å². The Balaban J connectivity index is 1.77. The molecule has 0 spiro atoms. The van der Waals surface area contributed by atoms with Crippen molar-refractivity contribution in [3.8, 4) is 0 Å². The molecule has 1 unspecified atom stereocenters. The number of carbonyl (C=O) groups excluding carboxylic acids is 1. The molecule has 112 valence electrons. The Morgan fingerprint density at radius 1 is 1.24 bits per heavy atom. The summed E-state index contributed by atoms with van der Waals surface area (Å²) in [6.45, 7) is 0. The summed E-state index contributed by atoms with van der Waals surface area (Å²) in [5, 5.41) is 11.9. The molecule has 1 aliphatic rings. The summed E-state index contributed by atoms with van der Waals surface area (Å²) in [6.07, 6.45) is 3.31. The van der Waals surface area contributed by atoms with Crippen LogP contribution in [0.15, 0.2) is 35.3 Å². The number of hydrogen-bond acceptors (Lipinski definition) is 4. The molecule has 1 aromatic rings. The van der Waals surface area contributed by atoms with E-state index in [4.69, 9.17) is 5.11 Å². The van der Waals surface area contributed by atoms with Crippen LogP contribution in [0.2, 0.25) is 0 Å². The second kappa shape index (κ2) is 7.83. The Morgan fingerprint density at radius 2 is 2.00 bits per heavy atom. The van der Waals surface area contributed by atoms with Crippen molar-refractivity contribution in [1.82, 2.24) is 5.32 Å². The number of thioether (sulfide) groups is 1. The number of aliphatic carboxylic acids is 1. The van der Waals surface area contributed by atoms with Gasteiger partial charge in [-0.05, 0) is 25.0 Å². The summed E-state index contributed by atoms with van der Waals surface area (Å²) < 4.78 is 0. The fourth-order valence-corrected chi connectivity index (χ4v) is 3.09. The molecule has 2 rings (SSSR count). The Labute approximate surface area is 127 Å². The quantitative estimate of drug-likeness (QED) is 0.759. The average Bonchev–Trinajstić information content (AvgIpc) is 2.79. The van der Waals surface area contributed by atoms with Crippen molar-refractivity contribution in [3.63, 3.8) is 0 Å². The van der Waals surface area contributed by atoms with E-state index in [1.54, 1.807) is 0 Å². The van der Waals surface area contributed by atoms with Crippen LogP contribution in [0.1, 0.15) is 32.1 Å². The van der Waals surface area contributed by atoms with E-state index in [2.05, 4.69) is 10.3 Å². The van der Waals surface area contributed by atoms with E-state index in [0.29, 0.717) is 11.6 Å². The summed E-state index contributed by atoms with van der Waals surface area (Å²) in [6, 6.07) is 9.50. The number of nitrogens with zero attached hydrogens (tertiary/aromatic N) is 1. The van der Waals surface area contributed by atoms with Crippen molar-refractivity contribution >= 4 is 34.5 Å². The van der Waals surface area contributed by atoms with E-state index in [1.807, 2.05) is 30.3 Å². The molecule has 1 aliphatic heterocycles. The van der Waals surface area contributed by atoms with Crippen molar-refractivity contribution in [2.45, 2.75) is 37.4 Å². The van der Waals surface area contributed by atoms with Gasteiger partial charge in [0.2, 0.25) is 5.91 Å². The molecule has 0 aliphatic carbocycles. The highest BCUT2D eigenvalue weighted by molar-refractivity contribution is 8.15. The lowest BCUT2D eigenvalue weighted by Crippen LogP contribution is -2.24. The molecule has 1 saturated heterocycles. The van der Waals surface area contributed by atoms with Crippen molar-refractivity contribution in [2.75, 3.05) is 0 Å². The minimum Gasteiger partial charge on any atom is -0.481 e. The third-order valence-corrected chi connectivity index (χ3v) is 4.27. The fraction of sp³-hybridized carbons (Fsp3) is 0.400. The molecular weight excluding hydrogens is 288 g/mol. The molecule has 1 heterocycles. The van der Waals surface area contributed by atoms with Gasteiger partial charge in [-0.2, -0.15) is 0 Å². The first-order chi connectivity index (χ1) is 10.1. The van der Waals surface area contributed by atoms with Crippen LogP contribution >= 0.6 is 11.8 Å². The second-order valence-electron chi connectivity index (χ2n) is 4.84. The molecule has 0 bridgehead atoms. The number of para-hydroxylation sites is 1. The normalized spacial score (nSPS) is 19.7. The summed E-state index contributed by atoms with van der Waals surface area (Å²) in [5.41, 5.74) is 0.822. The summed E-state index contributed by atoms with van der Waals surface area (Å²) in [7, 11) is 0. The number of carboxylic acid groups (broad SMARTS) is 1. The summed E-state index contributed by atoms with van der Waals surface area (Å²) >= 11 is 1.45. The number of rotatable bonds is 7. The lowest BCUT2D eigenvalue weighted by Gasteiger charge is -2.04. The smallest absolute Gasteiger partial charge is 0.303 e. The van der Waals surface area contributed by atoms with Crippen LogP contribution in [0.3, 0.4) is 0 Å². The Bertz CT molecular complexity index is 531. The maximum atomic E-state index is 11.8. The first kappa shape index (κ1) is 15.6. The summed E-state index contributed by atoms with van der Waals surface area (Å²) in [4.78, 5) is 26.6. The Hall–Kier alpha value is -1.82. The van der Waals surface area contributed by atoms with Crippen molar-refractivity contribution in [3.05, 3.63) is 30.3 Å². The minimum absolute atomic E-state index is 0.00656. The molecule has 2 N–H and O–H groups in total. The zero-order valence-corrected chi connectivity index (χ0v) is 12.4. The van der Waals surface area contributed by atoms with Gasteiger partial charge in [0.25, 0.3) is 0 Å². The predicted octanol–water partition coefficient (Wildman–Crippen LogP) is 2.94. The molecule has 1 aromatic carbocycles. The number of aliphatic imine (C=N–C) groups is 1. The number of carbonyl (C=O) groups is 2. The van der Waals surface area contributed by atoms with E-state index in [0.717, 1.165) is 24.9 Å². The van der Waals surface area contributed by atoms with Crippen LogP contribution in [0.25, 0.3) is 0 Å². The zero-order valence-electron chi connectivity index (χ0n) is 11.6. The van der Waals surface area contributed by atoms with Gasteiger partial charge in [-0.25, -0.2) is 4.99 Å². The number of amidine groups is 1. The van der Waals surface area contributed by atoms with Crippen LogP contribution in [0.5, 0.6) is 0 Å². The number of nitrogens with one attached hydrogen (secondary N) is 1. The minimum atomic E-state index is -0.764. The first-order valence-corrected chi connectivity index (χ1v) is 7.86. The second-order valence-corrected chi connectivity index (χ2v) is 6.03. The maximum Gasteiger partial charge on any atom is 0.303 e. The third kappa shape index (κ3) is 5.23. The van der Waals surface area contributed by atoms with Gasteiger partial charge < -0.3 is 10.4 Å². The van der Waals surface area contributed by atoms with Crippen molar-refractivity contribution < 1.29 is 14.7 Å². The van der Waals surface area contributed by atoms with Gasteiger partial charge in [-0.15, -0.1) is 0 Å². The van der Waals surface area contributed by atoms with Gasteiger partial charge in [0.05, 0.1) is 10.9 Å². The number of carboxylic acids is 1. The van der Waals surface area contributed by atoms with E-state index < -0.39 is 5.97 Å². The predicted molar refractivity (Wildman–Crippen MR) is 83.8 cm³/mol. The molecule has 1 atom stereocenters. The Kier molecular flexibility index (Phi) is 5.80. The van der Waals surface area contributed by atoms with E-state index in [1.165, 1.54) is 11.8 Å². The highest BCUT2D eigenvalue weighted by Crippen LogP contribution is 2.26. The molecule has 5 nitrogen and oxygen atoms in total. The van der Waals surface area contributed by atoms with E-state index in [-0.39, 0.29) is 17.6 Å². The topological polar surface area (TPSA) is 78.8 Å². The summed E-state index contributed by atoms with van der Waals surface area (Å²) in [5.74, 6) is -0.770. The molecule has 0 saturated carbocycles. The lowest BCUT2D eigenvalue weighted by molar-refractivity contribution is -0.137. The highest BCUT2D eigenvalue weighted by atomic mass is 32.2. The largest absolute Gasteiger partial charge is 0.481 e. The third-order valence-electron chi connectivity index (χ3n) is 3.12. The van der Waals surface area contributed by atoms with Gasteiger partial charge in [0.1, 0.15) is 0 Å². The monoisotopic (exact) mass is 306 g/mol. The molecule has 21 heavy (non-hydrogen) atoms. The SMILES string of the molecule is O=C(O)CCCCCC1SC(=Nc2ccccc2)NC1=O. The number of hydrogen-bond donors (Lipinski definition) is 2. The van der Waals surface area contributed by atoms with Crippen LogP contribution in [-0.2, 0) is 9.59 Å². The molecule has 0 radical (unpaired) electrons. The number of amides is 1. The van der Waals surface area contributed by atoms with Crippen LogP contribution in [0.4, 0.5) is 5.69 Å². The number of benzene rings is 1. The van der Waals surface area contributed by atoms with Crippen LogP contribution in [0, 0.1) is 0 Å². The lowest BCUT2D eigenvalue weighted by atomic mass is 10.1. The fourth-order valence-electron chi connectivity index (χ4n) is 2.05. The molecule has 1 amide bonds. The van der Waals surface area contributed by atoms with Gasteiger partial charge >= 0.3 is 5.97 Å². The molecule has 0 aromatic heterocycles. The van der Waals surface area contributed by atoms with E-state index in [9.17, 15) is 9.59 Å². The van der Waals surface area contributed by atoms with Gasteiger partial charge in [-0.3, -0.25) is 9.59 Å². The molecular formula is C15H18N2O3S. The number of unbranched alkanes of at least 4 members (excludes halogenated alkanes) is 2. The average molecular weight is 306 g/mol. The van der Waals surface area contributed by atoms with Gasteiger partial charge in [0, 0.05) is 6.42 Å².